The molecule has 1 unspecified atom stereocenters. The lowest BCUT2D eigenvalue weighted by Crippen LogP contribution is -2.46. The first-order valence-corrected chi connectivity index (χ1v) is 7.08. The highest BCUT2D eigenvalue weighted by Crippen LogP contribution is 2.26. The predicted octanol–water partition coefficient (Wildman–Crippen LogP) is 3.02. The third-order valence-corrected chi connectivity index (χ3v) is 3.99. The van der Waals surface area contributed by atoms with Gasteiger partial charge in [-0.25, -0.2) is 8.78 Å². The Hall–Kier alpha value is -1.20. The Labute approximate surface area is 129 Å². The molecule has 118 valence electrons. The summed E-state index contributed by atoms with van der Waals surface area (Å²) in [6.45, 7) is 0.313. The monoisotopic (exact) mass is 318 g/mol. The van der Waals surface area contributed by atoms with E-state index in [9.17, 15) is 13.6 Å². The largest absolute Gasteiger partial charge is 0.348 e. The summed E-state index contributed by atoms with van der Waals surface area (Å²) < 4.78 is 26.7. The van der Waals surface area contributed by atoms with Crippen LogP contribution in [0.25, 0.3) is 0 Å². The molecule has 1 aromatic carbocycles. The van der Waals surface area contributed by atoms with Gasteiger partial charge in [-0.1, -0.05) is 25.3 Å². The first-order chi connectivity index (χ1) is 9.63. The van der Waals surface area contributed by atoms with Gasteiger partial charge in [0.05, 0.1) is 5.56 Å². The van der Waals surface area contributed by atoms with Crippen LogP contribution in [0.5, 0.6) is 0 Å². The molecule has 0 aliphatic heterocycles. The minimum atomic E-state index is -1.11. The summed E-state index contributed by atoms with van der Waals surface area (Å²) in [7, 11) is 0. The van der Waals surface area contributed by atoms with Crippen molar-refractivity contribution in [1.29, 1.82) is 0 Å². The zero-order chi connectivity index (χ0) is 14.5. The van der Waals surface area contributed by atoms with Gasteiger partial charge in [-0.3, -0.25) is 4.79 Å². The molecule has 1 aromatic rings. The van der Waals surface area contributed by atoms with Crippen molar-refractivity contribution >= 4 is 18.3 Å². The summed E-state index contributed by atoms with van der Waals surface area (Å²) in [4.78, 5) is 12.1. The lowest BCUT2D eigenvalue weighted by molar-refractivity contribution is 0.0910. The van der Waals surface area contributed by atoms with Crippen molar-refractivity contribution in [3.63, 3.8) is 0 Å². The Morgan fingerprint density at radius 1 is 1.29 bits per heavy atom. The molecule has 0 bridgehead atoms. The molecule has 0 saturated heterocycles. The summed E-state index contributed by atoms with van der Waals surface area (Å²) >= 11 is 0. The van der Waals surface area contributed by atoms with E-state index in [1.54, 1.807) is 0 Å². The van der Waals surface area contributed by atoms with Crippen molar-refractivity contribution in [3.05, 3.63) is 35.4 Å². The number of amides is 1. The molecule has 6 heteroatoms. The Morgan fingerprint density at radius 2 is 1.95 bits per heavy atom. The van der Waals surface area contributed by atoms with Crippen molar-refractivity contribution in [3.8, 4) is 0 Å². The van der Waals surface area contributed by atoms with E-state index in [1.807, 2.05) is 0 Å². The average Bonchev–Trinajstić information content (AvgIpc) is 2.48. The lowest BCUT2D eigenvalue weighted by atomic mass is 9.84. The summed E-state index contributed by atoms with van der Waals surface area (Å²) in [6, 6.07) is 3.42. The predicted molar refractivity (Wildman–Crippen MR) is 80.5 cm³/mol. The molecule has 0 spiro atoms. The van der Waals surface area contributed by atoms with Gasteiger partial charge in [-0.05, 0) is 30.9 Å². The van der Waals surface area contributed by atoms with Crippen LogP contribution in [0.15, 0.2) is 18.2 Å². The number of rotatable bonds is 4. The van der Waals surface area contributed by atoms with Gasteiger partial charge in [0, 0.05) is 12.6 Å². The number of carbonyl (C=O) groups excluding carboxylic acids is 1. The molecule has 1 aliphatic rings. The summed E-state index contributed by atoms with van der Waals surface area (Å²) in [5.74, 6) is -2.39. The highest BCUT2D eigenvalue weighted by atomic mass is 35.5. The first kappa shape index (κ1) is 17.9. The number of halogens is 3. The van der Waals surface area contributed by atoms with E-state index in [1.165, 1.54) is 18.6 Å². The molecule has 1 fully saturated rings. The molecule has 3 nitrogen and oxygen atoms in total. The van der Waals surface area contributed by atoms with Gasteiger partial charge < -0.3 is 11.1 Å². The van der Waals surface area contributed by atoms with Crippen LogP contribution in [0.1, 0.15) is 42.5 Å². The fourth-order valence-corrected chi connectivity index (χ4v) is 2.83. The molecule has 0 heterocycles. The van der Waals surface area contributed by atoms with Crippen LogP contribution in [0.4, 0.5) is 8.78 Å². The molecule has 1 amide bonds. The highest BCUT2D eigenvalue weighted by Gasteiger charge is 2.25. The third kappa shape index (κ3) is 4.38. The molecule has 1 atom stereocenters. The maximum Gasteiger partial charge on any atom is 0.254 e. The number of hydrogen-bond acceptors (Lipinski definition) is 2. The van der Waals surface area contributed by atoms with E-state index in [4.69, 9.17) is 5.73 Å². The SMILES string of the molecule is Cl.NCC(NC(=O)c1cccc(F)c1F)C1CCCCC1. The average molecular weight is 319 g/mol. The Morgan fingerprint density at radius 3 is 2.57 bits per heavy atom. The van der Waals surface area contributed by atoms with E-state index in [-0.39, 0.29) is 24.0 Å². The third-order valence-electron chi connectivity index (χ3n) is 3.99. The zero-order valence-corrected chi connectivity index (χ0v) is 12.6. The van der Waals surface area contributed by atoms with Crippen LogP contribution in [-0.2, 0) is 0 Å². The molecule has 2 rings (SSSR count). The quantitative estimate of drug-likeness (QED) is 0.896. The second kappa shape index (κ2) is 8.29. The molecule has 1 saturated carbocycles. The Bertz CT molecular complexity index is 479. The fraction of sp³-hybridized carbons (Fsp3) is 0.533. The lowest BCUT2D eigenvalue weighted by Gasteiger charge is -2.30. The van der Waals surface area contributed by atoms with Crippen LogP contribution in [0.3, 0.4) is 0 Å². The topological polar surface area (TPSA) is 55.1 Å². The van der Waals surface area contributed by atoms with Gasteiger partial charge in [-0.15, -0.1) is 12.4 Å². The fourth-order valence-electron chi connectivity index (χ4n) is 2.83. The summed E-state index contributed by atoms with van der Waals surface area (Å²) in [5.41, 5.74) is 5.45. The molecule has 3 N–H and O–H groups in total. The van der Waals surface area contributed by atoms with E-state index < -0.39 is 17.5 Å². The molecule has 0 radical (unpaired) electrons. The van der Waals surface area contributed by atoms with Crippen molar-refractivity contribution in [2.45, 2.75) is 38.1 Å². The van der Waals surface area contributed by atoms with Gasteiger partial charge in [0.1, 0.15) is 0 Å². The van der Waals surface area contributed by atoms with Crippen molar-refractivity contribution in [2.24, 2.45) is 11.7 Å². The van der Waals surface area contributed by atoms with Gasteiger partial charge >= 0.3 is 0 Å². The number of nitrogens with two attached hydrogens (primary N) is 1. The van der Waals surface area contributed by atoms with E-state index in [0.29, 0.717) is 12.5 Å². The maximum absolute atomic E-state index is 13.6. The normalized spacial score (nSPS) is 16.9. The van der Waals surface area contributed by atoms with Crippen molar-refractivity contribution in [2.75, 3.05) is 6.54 Å². The molecular formula is C15H21ClF2N2O. The zero-order valence-electron chi connectivity index (χ0n) is 11.8. The van der Waals surface area contributed by atoms with Crippen LogP contribution >= 0.6 is 12.4 Å². The van der Waals surface area contributed by atoms with E-state index >= 15 is 0 Å². The van der Waals surface area contributed by atoms with Crippen LogP contribution in [0, 0.1) is 17.6 Å². The second-order valence-electron chi connectivity index (χ2n) is 5.32. The minimum absolute atomic E-state index is 0. The smallest absolute Gasteiger partial charge is 0.254 e. The Kier molecular flexibility index (Phi) is 7.05. The molecular weight excluding hydrogens is 298 g/mol. The highest BCUT2D eigenvalue weighted by molar-refractivity contribution is 5.94. The van der Waals surface area contributed by atoms with E-state index in [0.717, 1.165) is 31.7 Å². The minimum Gasteiger partial charge on any atom is -0.348 e. The van der Waals surface area contributed by atoms with Gasteiger partial charge in [-0.2, -0.15) is 0 Å². The van der Waals surface area contributed by atoms with Crippen LogP contribution < -0.4 is 11.1 Å². The Balaban J connectivity index is 0.00000220. The van der Waals surface area contributed by atoms with Gasteiger partial charge in [0.2, 0.25) is 0 Å². The van der Waals surface area contributed by atoms with E-state index in [2.05, 4.69) is 5.32 Å². The van der Waals surface area contributed by atoms with Crippen LogP contribution in [0.2, 0.25) is 0 Å². The number of carbonyl (C=O) groups is 1. The number of benzene rings is 1. The van der Waals surface area contributed by atoms with Crippen molar-refractivity contribution < 1.29 is 13.6 Å². The summed E-state index contributed by atoms with van der Waals surface area (Å²) in [5, 5.41) is 2.75. The summed E-state index contributed by atoms with van der Waals surface area (Å²) in [6.07, 6.45) is 5.51. The number of nitrogens with one attached hydrogen (secondary N) is 1. The molecule has 1 aliphatic carbocycles. The second-order valence-corrected chi connectivity index (χ2v) is 5.32. The van der Waals surface area contributed by atoms with Crippen molar-refractivity contribution in [1.82, 2.24) is 5.32 Å². The number of hydrogen-bond donors (Lipinski definition) is 2. The van der Waals surface area contributed by atoms with Gasteiger partial charge in [0.15, 0.2) is 11.6 Å². The maximum atomic E-state index is 13.6. The molecule has 0 aromatic heterocycles. The molecule has 21 heavy (non-hydrogen) atoms. The van der Waals surface area contributed by atoms with Crippen LogP contribution in [-0.4, -0.2) is 18.5 Å². The standard InChI is InChI=1S/C15H20F2N2O.ClH/c16-12-8-4-7-11(14(12)17)15(20)19-13(9-18)10-5-2-1-3-6-10;/h4,7-8,10,13H,1-3,5-6,9,18H2,(H,19,20);1H. The first-order valence-electron chi connectivity index (χ1n) is 7.08. The van der Waals surface area contributed by atoms with Gasteiger partial charge in [0.25, 0.3) is 5.91 Å².